The van der Waals surface area contributed by atoms with Crippen LogP contribution in [0.4, 0.5) is 0 Å². The third kappa shape index (κ3) is 2.68. The molecule has 0 amide bonds. The number of ether oxygens (including phenoxy) is 1. The van der Waals surface area contributed by atoms with Gasteiger partial charge in [0.2, 0.25) is 5.88 Å². The highest BCUT2D eigenvalue weighted by atomic mass is 16.5. The molecule has 4 nitrogen and oxygen atoms in total. The smallest absolute Gasteiger partial charge is 0.212 e. The summed E-state index contributed by atoms with van der Waals surface area (Å²) in [4.78, 5) is 8.49. The fourth-order valence-corrected chi connectivity index (χ4v) is 1.52. The number of amidine groups is 1. The monoisotopic (exact) mass is 205 g/mol. The van der Waals surface area contributed by atoms with E-state index in [0.717, 1.165) is 30.9 Å². The molecular weight excluding hydrogens is 190 g/mol. The molecule has 1 aliphatic rings. The Morgan fingerprint density at radius 3 is 3.00 bits per heavy atom. The Bertz CT molecular complexity index is 345. The van der Waals surface area contributed by atoms with Crippen molar-refractivity contribution in [1.29, 1.82) is 0 Å². The molecule has 0 bridgehead atoms. The molecule has 0 aliphatic carbocycles. The normalized spacial score (nSPS) is 14.9. The van der Waals surface area contributed by atoms with Crippen LogP contribution in [0.5, 0.6) is 5.88 Å². The highest BCUT2D eigenvalue weighted by Gasteiger charge is 2.05. The SMILES string of the molecule is COc1ccc(CNC2=NCCC2)cn1. The van der Waals surface area contributed by atoms with Crippen LogP contribution in [0, 0.1) is 0 Å². The van der Waals surface area contributed by atoms with Crippen molar-refractivity contribution in [3.8, 4) is 5.88 Å². The molecule has 1 N–H and O–H groups in total. The second kappa shape index (κ2) is 4.77. The van der Waals surface area contributed by atoms with E-state index < -0.39 is 0 Å². The number of methoxy groups -OCH3 is 1. The topological polar surface area (TPSA) is 46.5 Å². The summed E-state index contributed by atoms with van der Waals surface area (Å²) in [6.45, 7) is 1.75. The lowest BCUT2D eigenvalue weighted by molar-refractivity contribution is 0.397. The maximum absolute atomic E-state index is 4.99. The van der Waals surface area contributed by atoms with E-state index in [0.29, 0.717) is 5.88 Å². The minimum atomic E-state index is 0.650. The molecule has 0 saturated carbocycles. The van der Waals surface area contributed by atoms with Crippen LogP contribution in [0.25, 0.3) is 0 Å². The third-order valence-electron chi connectivity index (χ3n) is 2.38. The zero-order valence-electron chi connectivity index (χ0n) is 8.86. The van der Waals surface area contributed by atoms with E-state index in [-0.39, 0.29) is 0 Å². The Morgan fingerprint density at radius 2 is 2.40 bits per heavy atom. The van der Waals surface area contributed by atoms with Gasteiger partial charge in [-0.2, -0.15) is 0 Å². The van der Waals surface area contributed by atoms with Gasteiger partial charge in [-0.05, 0) is 12.0 Å². The van der Waals surface area contributed by atoms with Crippen LogP contribution >= 0.6 is 0 Å². The van der Waals surface area contributed by atoms with E-state index in [9.17, 15) is 0 Å². The molecule has 0 aromatic carbocycles. The molecule has 0 radical (unpaired) electrons. The molecular formula is C11H15N3O. The van der Waals surface area contributed by atoms with Gasteiger partial charge in [0.25, 0.3) is 0 Å². The largest absolute Gasteiger partial charge is 0.481 e. The van der Waals surface area contributed by atoms with Gasteiger partial charge >= 0.3 is 0 Å². The first-order chi connectivity index (χ1) is 7.38. The Hall–Kier alpha value is -1.58. The number of aromatic nitrogens is 1. The van der Waals surface area contributed by atoms with Gasteiger partial charge < -0.3 is 10.1 Å². The maximum atomic E-state index is 4.99. The Kier molecular flexibility index (Phi) is 3.17. The number of hydrogen-bond acceptors (Lipinski definition) is 4. The lowest BCUT2D eigenvalue weighted by Crippen LogP contribution is -2.20. The van der Waals surface area contributed by atoms with Gasteiger partial charge in [0.15, 0.2) is 0 Å². The quantitative estimate of drug-likeness (QED) is 0.810. The molecule has 80 valence electrons. The summed E-state index contributed by atoms with van der Waals surface area (Å²) < 4.78 is 4.99. The first kappa shape index (κ1) is 9.96. The van der Waals surface area contributed by atoms with Crippen molar-refractivity contribution in [2.75, 3.05) is 13.7 Å². The number of aliphatic imine (C=N–C) groups is 1. The van der Waals surface area contributed by atoms with Crippen molar-refractivity contribution >= 4 is 5.84 Å². The molecule has 0 unspecified atom stereocenters. The van der Waals surface area contributed by atoms with Gasteiger partial charge in [0.1, 0.15) is 0 Å². The van der Waals surface area contributed by atoms with E-state index >= 15 is 0 Å². The second-order valence-electron chi connectivity index (χ2n) is 3.49. The van der Waals surface area contributed by atoms with Crippen molar-refractivity contribution < 1.29 is 4.74 Å². The molecule has 1 aliphatic heterocycles. The van der Waals surface area contributed by atoms with Gasteiger partial charge in [-0.25, -0.2) is 4.98 Å². The highest BCUT2D eigenvalue weighted by Crippen LogP contribution is 2.07. The number of hydrogen-bond donors (Lipinski definition) is 1. The van der Waals surface area contributed by atoms with Crippen LogP contribution in [0.15, 0.2) is 23.3 Å². The van der Waals surface area contributed by atoms with Crippen LogP contribution in [-0.2, 0) is 6.54 Å². The number of pyridine rings is 1. The minimum Gasteiger partial charge on any atom is -0.481 e. The molecule has 0 fully saturated rings. The summed E-state index contributed by atoms with van der Waals surface area (Å²) in [5, 5.41) is 3.30. The molecule has 2 rings (SSSR count). The Labute approximate surface area is 89.4 Å². The molecule has 2 heterocycles. The van der Waals surface area contributed by atoms with E-state index in [1.54, 1.807) is 7.11 Å². The summed E-state index contributed by atoms with van der Waals surface area (Å²) >= 11 is 0. The van der Waals surface area contributed by atoms with E-state index in [1.807, 2.05) is 18.3 Å². The summed E-state index contributed by atoms with van der Waals surface area (Å²) in [7, 11) is 1.62. The van der Waals surface area contributed by atoms with Gasteiger partial charge in [-0.3, -0.25) is 4.99 Å². The average Bonchev–Trinajstić information content (AvgIpc) is 2.80. The summed E-state index contributed by atoms with van der Waals surface area (Å²) in [5.41, 5.74) is 1.14. The van der Waals surface area contributed by atoms with Crippen molar-refractivity contribution in [1.82, 2.24) is 10.3 Å². The Morgan fingerprint density at radius 1 is 1.47 bits per heavy atom. The van der Waals surface area contributed by atoms with Crippen molar-refractivity contribution in [3.05, 3.63) is 23.9 Å². The van der Waals surface area contributed by atoms with Crippen molar-refractivity contribution in [2.45, 2.75) is 19.4 Å². The van der Waals surface area contributed by atoms with Crippen LogP contribution in [0.2, 0.25) is 0 Å². The van der Waals surface area contributed by atoms with E-state index in [4.69, 9.17) is 4.74 Å². The molecule has 1 aromatic heterocycles. The zero-order valence-corrected chi connectivity index (χ0v) is 8.86. The van der Waals surface area contributed by atoms with Crippen LogP contribution in [0.1, 0.15) is 18.4 Å². The summed E-state index contributed by atoms with van der Waals surface area (Å²) in [5.74, 6) is 1.77. The first-order valence-corrected chi connectivity index (χ1v) is 5.14. The minimum absolute atomic E-state index is 0.650. The van der Waals surface area contributed by atoms with Crippen molar-refractivity contribution in [3.63, 3.8) is 0 Å². The molecule has 15 heavy (non-hydrogen) atoms. The van der Waals surface area contributed by atoms with Crippen LogP contribution in [-0.4, -0.2) is 24.5 Å². The lowest BCUT2D eigenvalue weighted by atomic mass is 10.2. The number of nitrogens with one attached hydrogen (secondary N) is 1. The number of nitrogens with zero attached hydrogens (tertiary/aromatic N) is 2. The standard InChI is InChI=1S/C11H15N3O/c1-15-11-5-4-9(8-14-11)7-13-10-3-2-6-12-10/h4-5,8H,2-3,6-7H2,1H3,(H,12,13). The van der Waals surface area contributed by atoms with Crippen molar-refractivity contribution in [2.24, 2.45) is 4.99 Å². The molecule has 0 atom stereocenters. The van der Waals surface area contributed by atoms with E-state index in [1.165, 1.54) is 6.42 Å². The number of rotatable bonds is 3. The zero-order chi connectivity index (χ0) is 10.5. The molecule has 0 spiro atoms. The van der Waals surface area contributed by atoms with Gasteiger partial charge in [-0.1, -0.05) is 6.07 Å². The third-order valence-corrected chi connectivity index (χ3v) is 2.38. The lowest BCUT2D eigenvalue weighted by Gasteiger charge is -2.05. The van der Waals surface area contributed by atoms with Crippen LogP contribution < -0.4 is 10.1 Å². The molecule has 0 saturated heterocycles. The highest BCUT2D eigenvalue weighted by molar-refractivity contribution is 5.83. The second-order valence-corrected chi connectivity index (χ2v) is 3.49. The average molecular weight is 205 g/mol. The van der Waals surface area contributed by atoms with Gasteiger partial charge in [0.05, 0.1) is 12.9 Å². The fraction of sp³-hybridized carbons (Fsp3) is 0.455. The fourth-order valence-electron chi connectivity index (χ4n) is 1.52. The Balaban J connectivity index is 1.87. The van der Waals surface area contributed by atoms with Crippen LogP contribution in [0.3, 0.4) is 0 Å². The summed E-state index contributed by atoms with van der Waals surface area (Å²) in [6.07, 6.45) is 4.06. The predicted molar refractivity (Wildman–Crippen MR) is 59.2 cm³/mol. The predicted octanol–water partition coefficient (Wildman–Crippen LogP) is 1.37. The first-order valence-electron chi connectivity index (χ1n) is 5.14. The molecule has 4 heteroatoms. The van der Waals surface area contributed by atoms with E-state index in [2.05, 4.69) is 15.3 Å². The van der Waals surface area contributed by atoms with Gasteiger partial charge in [0, 0.05) is 31.8 Å². The summed E-state index contributed by atoms with van der Waals surface area (Å²) in [6, 6.07) is 3.88. The van der Waals surface area contributed by atoms with Gasteiger partial charge in [-0.15, -0.1) is 0 Å². The maximum Gasteiger partial charge on any atom is 0.212 e. The molecule has 1 aromatic rings.